The monoisotopic (exact) mass is 478 g/mol. The number of amides is 1. The second kappa shape index (κ2) is 8.63. The smallest absolute Gasteiger partial charge is 0.274 e. The minimum absolute atomic E-state index is 0.0290. The first-order chi connectivity index (χ1) is 14.8. The van der Waals surface area contributed by atoms with E-state index in [1.807, 2.05) is 37.3 Å². The molecule has 31 heavy (non-hydrogen) atoms. The summed E-state index contributed by atoms with van der Waals surface area (Å²) >= 11 is 12.0. The van der Waals surface area contributed by atoms with E-state index < -0.39 is 10.0 Å². The van der Waals surface area contributed by atoms with E-state index in [4.69, 9.17) is 23.2 Å². The van der Waals surface area contributed by atoms with Crippen molar-refractivity contribution in [3.63, 3.8) is 0 Å². The molecule has 4 rings (SSSR count). The van der Waals surface area contributed by atoms with Crippen LogP contribution in [0.1, 0.15) is 16.2 Å². The fourth-order valence-electron chi connectivity index (χ4n) is 3.52. The van der Waals surface area contributed by atoms with Crippen molar-refractivity contribution in [1.29, 1.82) is 0 Å². The van der Waals surface area contributed by atoms with Gasteiger partial charge in [-0.05, 0) is 43.3 Å². The molecule has 3 aromatic rings. The maximum absolute atomic E-state index is 13.0. The van der Waals surface area contributed by atoms with Gasteiger partial charge < -0.3 is 4.90 Å². The van der Waals surface area contributed by atoms with Gasteiger partial charge in [-0.2, -0.15) is 9.40 Å². The highest BCUT2D eigenvalue weighted by atomic mass is 35.5. The molecule has 1 aliphatic heterocycles. The van der Waals surface area contributed by atoms with Gasteiger partial charge in [-0.1, -0.05) is 41.4 Å². The number of nitrogens with zero attached hydrogens (tertiary/aromatic N) is 4. The second-order valence-corrected chi connectivity index (χ2v) is 9.94. The van der Waals surface area contributed by atoms with Gasteiger partial charge in [-0.15, -0.1) is 0 Å². The van der Waals surface area contributed by atoms with Crippen LogP contribution in [0.4, 0.5) is 0 Å². The molecule has 10 heteroatoms. The van der Waals surface area contributed by atoms with Crippen LogP contribution in [0.5, 0.6) is 0 Å². The van der Waals surface area contributed by atoms with E-state index in [0.29, 0.717) is 10.7 Å². The maximum atomic E-state index is 13.0. The first-order valence-corrected chi connectivity index (χ1v) is 11.8. The average molecular weight is 479 g/mol. The molecule has 0 N–H and O–H groups in total. The third kappa shape index (κ3) is 4.34. The number of halogens is 2. The molecular formula is C21H20Cl2N4O3S. The van der Waals surface area contributed by atoms with Crippen LogP contribution >= 0.6 is 23.2 Å². The topological polar surface area (TPSA) is 75.5 Å². The number of aromatic nitrogens is 2. The molecule has 1 fully saturated rings. The number of rotatable bonds is 4. The van der Waals surface area contributed by atoms with Gasteiger partial charge in [0.15, 0.2) is 5.69 Å². The number of carbonyl (C=O) groups is 1. The summed E-state index contributed by atoms with van der Waals surface area (Å²) < 4.78 is 29.0. The van der Waals surface area contributed by atoms with Crippen molar-refractivity contribution in [3.8, 4) is 5.69 Å². The Bertz CT molecular complexity index is 1220. The van der Waals surface area contributed by atoms with Gasteiger partial charge in [0.25, 0.3) is 5.91 Å². The van der Waals surface area contributed by atoms with Gasteiger partial charge in [-0.3, -0.25) is 4.79 Å². The summed E-state index contributed by atoms with van der Waals surface area (Å²) in [5, 5.41) is 4.86. The highest BCUT2D eigenvalue weighted by Gasteiger charge is 2.32. The number of benzene rings is 2. The first-order valence-electron chi connectivity index (χ1n) is 9.64. The molecule has 0 aliphatic carbocycles. The highest BCUT2D eigenvalue weighted by Crippen LogP contribution is 2.28. The van der Waals surface area contributed by atoms with E-state index in [9.17, 15) is 13.2 Å². The lowest BCUT2D eigenvalue weighted by atomic mass is 10.3. The van der Waals surface area contributed by atoms with Crippen LogP contribution in [-0.2, 0) is 10.0 Å². The zero-order chi connectivity index (χ0) is 22.2. The molecule has 1 saturated heterocycles. The Balaban J connectivity index is 1.48. The van der Waals surface area contributed by atoms with Gasteiger partial charge in [0, 0.05) is 36.9 Å². The predicted octanol–water partition coefficient (Wildman–Crippen LogP) is 3.63. The van der Waals surface area contributed by atoms with E-state index in [-0.39, 0.29) is 42.0 Å². The third-order valence-corrected chi connectivity index (χ3v) is 7.76. The summed E-state index contributed by atoms with van der Waals surface area (Å²) in [5.41, 5.74) is 2.04. The SMILES string of the molecule is Cc1cc(C(=O)N2CCN(S(=O)(=O)c3cc(Cl)ccc3Cl)CC2)nn1-c1ccccc1. The number of para-hydroxylation sites is 1. The van der Waals surface area contributed by atoms with Crippen molar-refractivity contribution in [1.82, 2.24) is 19.0 Å². The van der Waals surface area contributed by atoms with Crippen LogP contribution in [-0.4, -0.2) is 59.5 Å². The van der Waals surface area contributed by atoms with Crippen molar-refractivity contribution in [3.05, 3.63) is 76.0 Å². The molecule has 0 radical (unpaired) electrons. The summed E-state index contributed by atoms with van der Waals surface area (Å²) in [6, 6.07) is 15.6. The van der Waals surface area contributed by atoms with Gasteiger partial charge >= 0.3 is 0 Å². The minimum Gasteiger partial charge on any atom is -0.335 e. The van der Waals surface area contributed by atoms with Crippen molar-refractivity contribution in [2.24, 2.45) is 0 Å². The molecular weight excluding hydrogens is 459 g/mol. The molecule has 1 amide bonds. The lowest BCUT2D eigenvalue weighted by Gasteiger charge is -2.33. The average Bonchev–Trinajstić information content (AvgIpc) is 3.17. The summed E-state index contributed by atoms with van der Waals surface area (Å²) in [6.07, 6.45) is 0. The first kappa shape index (κ1) is 21.8. The van der Waals surface area contributed by atoms with Gasteiger partial charge in [-0.25, -0.2) is 13.1 Å². The van der Waals surface area contributed by atoms with Crippen molar-refractivity contribution in [2.45, 2.75) is 11.8 Å². The van der Waals surface area contributed by atoms with E-state index >= 15 is 0 Å². The Morgan fingerprint density at radius 3 is 2.32 bits per heavy atom. The van der Waals surface area contributed by atoms with E-state index in [0.717, 1.165) is 11.4 Å². The Hall–Kier alpha value is -2.39. The number of sulfonamides is 1. The Kier molecular flexibility index (Phi) is 6.07. The number of carbonyl (C=O) groups excluding carboxylic acids is 1. The van der Waals surface area contributed by atoms with Crippen LogP contribution in [0.2, 0.25) is 10.0 Å². The molecule has 2 heterocycles. The van der Waals surface area contributed by atoms with Crippen LogP contribution in [0.15, 0.2) is 59.5 Å². The quantitative estimate of drug-likeness (QED) is 0.573. The summed E-state index contributed by atoms with van der Waals surface area (Å²) in [5.74, 6) is -0.226. The number of hydrogen-bond acceptors (Lipinski definition) is 4. The fraction of sp³-hybridized carbons (Fsp3) is 0.238. The standard InChI is InChI=1S/C21H20Cl2N4O3S/c1-15-13-19(24-27(15)17-5-3-2-4-6-17)21(28)25-9-11-26(12-10-25)31(29,30)20-14-16(22)7-8-18(20)23/h2-8,13-14H,9-12H2,1H3. The molecule has 1 aliphatic rings. The molecule has 0 spiro atoms. The molecule has 162 valence electrons. The maximum Gasteiger partial charge on any atom is 0.274 e. The predicted molar refractivity (Wildman–Crippen MR) is 119 cm³/mol. The van der Waals surface area contributed by atoms with Crippen LogP contribution in [0.25, 0.3) is 5.69 Å². The van der Waals surface area contributed by atoms with Gasteiger partial charge in [0.1, 0.15) is 4.90 Å². The Morgan fingerprint density at radius 1 is 0.968 bits per heavy atom. The van der Waals surface area contributed by atoms with E-state index in [1.165, 1.54) is 22.5 Å². The van der Waals surface area contributed by atoms with Crippen LogP contribution in [0.3, 0.4) is 0 Å². The Morgan fingerprint density at radius 2 is 1.65 bits per heavy atom. The highest BCUT2D eigenvalue weighted by molar-refractivity contribution is 7.89. The van der Waals surface area contributed by atoms with Crippen LogP contribution < -0.4 is 0 Å². The molecule has 0 atom stereocenters. The largest absolute Gasteiger partial charge is 0.335 e. The minimum atomic E-state index is -3.81. The molecule has 0 unspecified atom stereocenters. The summed E-state index contributed by atoms with van der Waals surface area (Å²) in [6.45, 7) is 2.72. The summed E-state index contributed by atoms with van der Waals surface area (Å²) in [7, 11) is -3.81. The number of hydrogen-bond donors (Lipinski definition) is 0. The van der Waals surface area contributed by atoms with E-state index in [2.05, 4.69) is 5.10 Å². The zero-order valence-corrected chi connectivity index (χ0v) is 19.0. The molecule has 0 saturated carbocycles. The molecule has 2 aromatic carbocycles. The second-order valence-electron chi connectivity index (χ2n) is 7.19. The molecule has 1 aromatic heterocycles. The third-order valence-electron chi connectivity index (χ3n) is 5.14. The molecule has 7 nitrogen and oxygen atoms in total. The zero-order valence-electron chi connectivity index (χ0n) is 16.7. The lowest BCUT2D eigenvalue weighted by molar-refractivity contribution is 0.0691. The fourth-order valence-corrected chi connectivity index (χ4v) is 5.68. The number of aryl methyl sites for hydroxylation is 1. The Labute approximate surface area is 190 Å². The van der Waals surface area contributed by atoms with Crippen molar-refractivity contribution in [2.75, 3.05) is 26.2 Å². The number of piperazine rings is 1. The van der Waals surface area contributed by atoms with Crippen molar-refractivity contribution < 1.29 is 13.2 Å². The van der Waals surface area contributed by atoms with E-state index in [1.54, 1.807) is 15.6 Å². The van der Waals surface area contributed by atoms with Crippen molar-refractivity contribution >= 4 is 39.1 Å². The van der Waals surface area contributed by atoms with Crippen LogP contribution in [0, 0.1) is 6.92 Å². The summed E-state index contributed by atoms with van der Waals surface area (Å²) in [4.78, 5) is 14.6. The molecule has 0 bridgehead atoms. The lowest BCUT2D eigenvalue weighted by Crippen LogP contribution is -2.50. The normalized spacial score (nSPS) is 15.3. The van der Waals surface area contributed by atoms with Gasteiger partial charge in [0.2, 0.25) is 10.0 Å². The van der Waals surface area contributed by atoms with Gasteiger partial charge in [0.05, 0.1) is 10.7 Å².